The highest BCUT2D eigenvalue weighted by atomic mass is 79.9. The summed E-state index contributed by atoms with van der Waals surface area (Å²) in [7, 11) is 0. The van der Waals surface area contributed by atoms with E-state index in [1.165, 1.54) is 0 Å². The van der Waals surface area contributed by atoms with Crippen molar-refractivity contribution in [2.45, 2.75) is 16.3 Å². The highest BCUT2D eigenvalue weighted by Crippen LogP contribution is 2.34. The SMILES string of the molecule is NCC(Sc1ccc(Br)cc1)C(F)(F)F. The molecule has 6 heteroatoms. The zero-order valence-corrected chi connectivity index (χ0v) is 9.99. The molecule has 0 aliphatic carbocycles. The quantitative estimate of drug-likeness (QED) is 0.866. The highest BCUT2D eigenvalue weighted by molar-refractivity contribution is 9.10. The molecule has 0 aliphatic heterocycles. The molecular weight excluding hydrogens is 291 g/mol. The van der Waals surface area contributed by atoms with Gasteiger partial charge >= 0.3 is 6.18 Å². The van der Waals surface area contributed by atoms with Crippen LogP contribution in [0, 0.1) is 0 Å². The molecule has 84 valence electrons. The molecule has 1 aromatic carbocycles. The van der Waals surface area contributed by atoms with Gasteiger partial charge < -0.3 is 5.73 Å². The van der Waals surface area contributed by atoms with Crippen LogP contribution in [0.2, 0.25) is 0 Å². The lowest BCUT2D eigenvalue weighted by molar-refractivity contribution is -0.126. The van der Waals surface area contributed by atoms with E-state index in [1.807, 2.05) is 0 Å². The van der Waals surface area contributed by atoms with E-state index in [9.17, 15) is 13.2 Å². The summed E-state index contributed by atoms with van der Waals surface area (Å²) < 4.78 is 38.0. The Morgan fingerprint density at radius 2 is 1.80 bits per heavy atom. The largest absolute Gasteiger partial charge is 0.402 e. The predicted molar refractivity (Wildman–Crippen MR) is 58.9 cm³/mol. The van der Waals surface area contributed by atoms with E-state index in [2.05, 4.69) is 15.9 Å². The van der Waals surface area contributed by atoms with Crippen LogP contribution in [-0.2, 0) is 0 Å². The minimum absolute atomic E-state index is 0.412. The van der Waals surface area contributed by atoms with Gasteiger partial charge in [-0.15, -0.1) is 11.8 Å². The van der Waals surface area contributed by atoms with Gasteiger partial charge in [-0.2, -0.15) is 13.2 Å². The first kappa shape index (κ1) is 12.9. The van der Waals surface area contributed by atoms with Gasteiger partial charge in [0, 0.05) is 15.9 Å². The third-order valence-corrected chi connectivity index (χ3v) is 3.49. The molecule has 0 spiro atoms. The van der Waals surface area contributed by atoms with E-state index in [4.69, 9.17) is 5.73 Å². The monoisotopic (exact) mass is 299 g/mol. The molecule has 1 atom stereocenters. The lowest BCUT2D eigenvalue weighted by Gasteiger charge is -2.17. The van der Waals surface area contributed by atoms with Gasteiger partial charge in [-0.1, -0.05) is 15.9 Å². The minimum Gasteiger partial charge on any atom is -0.329 e. The third-order valence-electron chi connectivity index (χ3n) is 1.67. The van der Waals surface area contributed by atoms with Crippen molar-refractivity contribution < 1.29 is 13.2 Å². The van der Waals surface area contributed by atoms with E-state index in [-0.39, 0.29) is 0 Å². The van der Waals surface area contributed by atoms with Gasteiger partial charge in [0.1, 0.15) is 5.25 Å². The van der Waals surface area contributed by atoms with Crippen LogP contribution in [-0.4, -0.2) is 18.0 Å². The van der Waals surface area contributed by atoms with E-state index < -0.39 is 18.0 Å². The van der Waals surface area contributed by atoms with Crippen LogP contribution in [0.25, 0.3) is 0 Å². The summed E-state index contributed by atoms with van der Waals surface area (Å²) in [5.41, 5.74) is 5.09. The summed E-state index contributed by atoms with van der Waals surface area (Å²) in [6, 6.07) is 6.66. The fraction of sp³-hybridized carbons (Fsp3) is 0.333. The van der Waals surface area contributed by atoms with Crippen LogP contribution in [0.1, 0.15) is 0 Å². The molecule has 0 saturated carbocycles. The second-order valence-corrected chi connectivity index (χ2v) is 5.03. The van der Waals surface area contributed by atoms with Crippen molar-refractivity contribution in [1.82, 2.24) is 0 Å². The minimum atomic E-state index is -4.26. The standard InChI is InChI=1S/C9H9BrF3NS/c10-6-1-3-7(4-2-6)15-8(5-14)9(11,12)13/h1-4,8H,5,14H2. The predicted octanol–water partition coefficient (Wildman–Crippen LogP) is 3.43. The summed E-state index contributed by atoms with van der Waals surface area (Å²) in [4.78, 5) is 0.561. The van der Waals surface area contributed by atoms with Gasteiger partial charge in [0.2, 0.25) is 0 Å². The summed E-state index contributed by atoms with van der Waals surface area (Å²) >= 11 is 3.95. The van der Waals surface area contributed by atoms with Crippen LogP contribution in [0.4, 0.5) is 13.2 Å². The molecular formula is C9H9BrF3NS. The molecule has 0 bridgehead atoms. The molecule has 1 nitrogen and oxygen atoms in total. The van der Waals surface area contributed by atoms with Crippen LogP contribution >= 0.6 is 27.7 Å². The smallest absolute Gasteiger partial charge is 0.329 e. The zero-order chi connectivity index (χ0) is 11.5. The fourth-order valence-corrected chi connectivity index (χ4v) is 2.04. The van der Waals surface area contributed by atoms with Crippen LogP contribution in [0.15, 0.2) is 33.6 Å². The Bertz CT molecular complexity index is 312. The van der Waals surface area contributed by atoms with Gasteiger partial charge in [0.15, 0.2) is 0 Å². The van der Waals surface area contributed by atoms with Gasteiger partial charge in [0.05, 0.1) is 0 Å². The molecule has 0 aromatic heterocycles. The Hall–Kier alpha value is -0.200. The van der Waals surface area contributed by atoms with E-state index in [1.54, 1.807) is 24.3 Å². The van der Waals surface area contributed by atoms with Crippen molar-refractivity contribution in [3.8, 4) is 0 Å². The maximum absolute atomic E-state index is 12.4. The molecule has 0 radical (unpaired) electrons. The van der Waals surface area contributed by atoms with Crippen molar-refractivity contribution in [1.29, 1.82) is 0 Å². The Balaban J connectivity index is 2.71. The van der Waals surface area contributed by atoms with Crippen LogP contribution in [0.3, 0.4) is 0 Å². The van der Waals surface area contributed by atoms with Gasteiger partial charge in [-0.3, -0.25) is 0 Å². The first-order chi connectivity index (χ1) is 6.93. The molecule has 0 fully saturated rings. The molecule has 0 aliphatic rings. The molecule has 2 N–H and O–H groups in total. The summed E-state index contributed by atoms with van der Waals surface area (Å²) in [5.74, 6) is 0. The number of thioether (sulfide) groups is 1. The maximum Gasteiger partial charge on any atom is 0.402 e. The molecule has 1 unspecified atom stereocenters. The first-order valence-corrected chi connectivity index (χ1v) is 5.79. The molecule has 0 saturated heterocycles. The number of hydrogen-bond acceptors (Lipinski definition) is 2. The van der Waals surface area contributed by atoms with Gasteiger partial charge in [0.25, 0.3) is 0 Å². The van der Waals surface area contributed by atoms with Crippen molar-refractivity contribution in [2.75, 3.05) is 6.54 Å². The average Bonchev–Trinajstić information content (AvgIpc) is 2.15. The van der Waals surface area contributed by atoms with Crippen molar-refractivity contribution in [2.24, 2.45) is 5.73 Å². The number of hydrogen-bond donors (Lipinski definition) is 1. The Morgan fingerprint density at radius 3 is 2.20 bits per heavy atom. The van der Waals surface area contributed by atoms with Crippen molar-refractivity contribution in [3.05, 3.63) is 28.7 Å². The maximum atomic E-state index is 12.4. The Labute approximate surface area is 98.4 Å². The van der Waals surface area contributed by atoms with Gasteiger partial charge in [-0.25, -0.2) is 0 Å². The zero-order valence-electron chi connectivity index (χ0n) is 7.59. The molecule has 15 heavy (non-hydrogen) atoms. The Morgan fingerprint density at radius 1 is 1.27 bits per heavy atom. The first-order valence-electron chi connectivity index (χ1n) is 4.12. The van der Waals surface area contributed by atoms with Gasteiger partial charge in [-0.05, 0) is 24.3 Å². The fourth-order valence-electron chi connectivity index (χ4n) is 0.926. The number of benzene rings is 1. The average molecular weight is 300 g/mol. The number of alkyl halides is 3. The normalized spacial score (nSPS) is 13.9. The third kappa shape index (κ3) is 4.04. The second-order valence-electron chi connectivity index (χ2n) is 2.84. The van der Waals surface area contributed by atoms with Crippen LogP contribution in [0.5, 0.6) is 0 Å². The molecule has 0 heterocycles. The number of nitrogens with two attached hydrogens (primary N) is 1. The lowest BCUT2D eigenvalue weighted by Crippen LogP contribution is -2.32. The van der Waals surface area contributed by atoms with E-state index in [0.29, 0.717) is 4.90 Å². The Kier molecular flexibility index (Phi) is 4.48. The molecule has 1 rings (SSSR count). The summed E-state index contributed by atoms with van der Waals surface area (Å²) in [6.07, 6.45) is -4.26. The van der Waals surface area contributed by atoms with Crippen molar-refractivity contribution >= 4 is 27.7 Å². The summed E-state index contributed by atoms with van der Waals surface area (Å²) in [6.45, 7) is -0.412. The lowest BCUT2D eigenvalue weighted by atomic mass is 10.4. The highest BCUT2D eigenvalue weighted by Gasteiger charge is 2.39. The van der Waals surface area contributed by atoms with Crippen LogP contribution < -0.4 is 5.73 Å². The number of halogens is 4. The molecule has 0 amide bonds. The van der Waals surface area contributed by atoms with E-state index in [0.717, 1.165) is 16.2 Å². The van der Waals surface area contributed by atoms with Crippen molar-refractivity contribution in [3.63, 3.8) is 0 Å². The topological polar surface area (TPSA) is 26.0 Å². The summed E-state index contributed by atoms with van der Waals surface area (Å²) in [5, 5.41) is -1.54. The second kappa shape index (κ2) is 5.23. The molecule has 1 aromatic rings. The number of rotatable bonds is 3. The van der Waals surface area contributed by atoms with E-state index >= 15 is 0 Å².